The topological polar surface area (TPSA) is 36.1 Å². The van der Waals surface area contributed by atoms with Crippen molar-refractivity contribution in [2.24, 2.45) is 0 Å². The summed E-state index contributed by atoms with van der Waals surface area (Å²) < 4.78 is 0. The van der Waals surface area contributed by atoms with Crippen LogP contribution in [-0.2, 0) is 0 Å². The van der Waals surface area contributed by atoms with Crippen molar-refractivity contribution < 1.29 is 4.79 Å². The normalized spacial score (nSPS) is 21.0. The number of hydrogen-bond donors (Lipinski definition) is 1. The summed E-state index contributed by atoms with van der Waals surface area (Å²) in [5, 5.41) is 1.22. The number of para-hydroxylation sites is 1. The van der Waals surface area contributed by atoms with Crippen molar-refractivity contribution in [2.45, 2.75) is 44.2 Å². The molecule has 0 spiro atoms. The van der Waals surface area contributed by atoms with E-state index in [1.54, 1.807) is 0 Å². The Hall–Kier alpha value is -2.55. The van der Waals surface area contributed by atoms with Crippen molar-refractivity contribution in [3.05, 3.63) is 71.4 Å². The van der Waals surface area contributed by atoms with Gasteiger partial charge in [0, 0.05) is 34.3 Å². The van der Waals surface area contributed by atoms with Gasteiger partial charge in [-0.1, -0.05) is 55.7 Å². The number of hydrogen-bond acceptors (Lipinski definition) is 1. The lowest BCUT2D eigenvalue weighted by molar-refractivity contribution is 0.0613. The molecule has 1 N–H and O–H groups in total. The molecule has 1 aliphatic heterocycles. The molecule has 2 aliphatic rings. The summed E-state index contributed by atoms with van der Waals surface area (Å²) in [6, 6.07) is 16.9. The third-order valence-corrected chi connectivity index (χ3v) is 5.88. The Labute approximate surface area is 147 Å². The average Bonchev–Trinajstić information content (AvgIpc) is 3.22. The van der Waals surface area contributed by atoms with E-state index in [1.807, 2.05) is 12.1 Å². The van der Waals surface area contributed by atoms with E-state index in [1.165, 1.54) is 30.2 Å². The highest BCUT2D eigenvalue weighted by molar-refractivity contribution is 6.01. The fraction of sp³-hybridized carbons (Fsp3) is 0.318. The molecule has 1 saturated carbocycles. The van der Waals surface area contributed by atoms with Gasteiger partial charge in [0.25, 0.3) is 5.91 Å². The van der Waals surface area contributed by atoms with Crippen LogP contribution in [-0.4, -0.2) is 21.8 Å². The van der Waals surface area contributed by atoms with E-state index in [-0.39, 0.29) is 11.9 Å². The molecule has 2 aromatic carbocycles. The first-order valence-corrected chi connectivity index (χ1v) is 9.32. The van der Waals surface area contributed by atoms with Gasteiger partial charge < -0.3 is 9.88 Å². The maximum absolute atomic E-state index is 13.3. The Morgan fingerprint density at radius 2 is 1.64 bits per heavy atom. The number of benzene rings is 2. The van der Waals surface area contributed by atoms with Crippen LogP contribution in [0.1, 0.15) is 59.6 Å². The monoisotopic (exact) mass is 330 g/mol. The lowest BCUT2D eigenvalue weighted by Crippen LogP contribution is -2.39. The molecule has 2 heterocycles. The lowest BCUT2D eigenvalue weighted by Gasteiger charge is -2.36. The zero-order valence-corrected chi connectivity index (χ0v) is 14.2. The van der Waals surface area contributed by atoms with Gasteiger partial charge in [-0.2, -0.15) is 0 Å². The second-order valence-electron chi connectivity index (χ2n) is 7.28. The van der Waals surface area contributed by atoms with E-state index in [2.05, 4.69) is 52.5 Å². The number of nitrogens with one attached hydrogen (secondary N) is 1. The molecule has 126 valence electrons. The molecule has 1 aliphatic carbocycles. The summed E-state index contributed by atoms with van der Waals surface area (Å²) >= 11 is 0. The molecular formula is C22H22N2O. The third kappa shape index (κ3) is 2.22. The molecule has 3 heteroatoms. The Morgan fingerprint density at radius 3 is 2.52 bits per heavy atom. The summed E-state index contributed by atoms with van der Waals surface area (Å²) in [5.74, 6) is 0.206. The van der Waals surface area contributed by atoms with Crippen LogP contribution >= 0.6 is 0 Å². The fourth-order valence-corrected chi connectivity index (χ4v) is 4.71. The van der Waals surface area contributed by atoms with E-state index in [0.29, 0.717) is 6.04 Å². The average molecular weight is 330 g/mol. The van der Waals surface area contributed by atoms with Crippen molar-refractivity contribution in [1.29, 1.82) is 0 Å². The second kappa shape index (κ2) is 5.76. The summed E-state index contributed by atoms with van der Waals surface area (Å²) in [7, 11) is 0. The van der Waals surface area contributed by atoms with Gasteiger partial charge in [-0.05, 0) is 30.5 Å². The van der Waals surface area contributed by atoms with Gasteiger partial charge in [-0.15, -0.1) is 0 Å². The predicted octanol–water partition coefficient (Wildman–Crippen LogP) is 5.05. The molecule has 0 radical (unpaired) electrons. The second-order valence-corrected chi connectivity index (χ2v) is 7.28. The lowest BCUT2D eigenvalue weighted by atomic mass is 9.91. The van der Waals surface area contributed by atoms with Gasteiger partial charge >= 0.3 is 0 Å². The van der Waals surface area contributed by atoms with Crippen LogP contribution < -0.4 is 0 Å². The van der Waals surface area contributed by atoms with Crippen LogP contribution in [0.3, 0.4) is 0 Å². The highest BCUT2D eigenvalue weighted by Crippen LogP contribution is 2.44. The summed E-state index contributed by atoms with van der Waals surface area (Å²) in [5.41, 5.74) is 4.39. The Bertz CT molecular complexity index is 936. The maximum atomic E-state index is 13.3. The van der Waals surface area contributed by atoms with E-state index in [0.717, 1.165) is 29.5 Å². The number of rotatable bonds is 2. The maximum Gasteiger partial charge on any atom is 0.255 e. The van der Waals surface area contributed by atoms with Gasteiger partial charge in [-0.3, -0.25) is 4.79 Å². The number of aromatic nitrogens is 1. The van der Waals surface area contributed by atoms with Crippen molar-refractivity contribution in [2.75, 3.05) is 0 Å². The number of amides is 1. The first-order valence-electron chi connectivity index (χ1n) is 9.32. The SMILES string of the molecule is O=C1c2ccccc2[C@@H](c2c[nH]c3ccccc23)N1C1CCCCC1. The van der Waals surface area contributed by atoms with Crippen molar-refractivity contribution >= 4 is 16.8 Å². The van der Waals surface area contributed by atoms with Gasteiger partial charge in [0.15, 0.2) is 0 Å². The molecule has 1 fully saturated rings. The Morgan fingerprint density at radius 1 is 0.880 bits per heavy atom. The first kappa shape index (κ1) is 14.8. The van der Waals surface area contributed by atoms with Crippen LogP contribution in [0.4, 0.5) is 0 Å². The molecule has 1 amide bonds. The zero-order valence-electron chi connectivity index (χ0n) is 14.2. The minimum atomic E-state index is 0.0305. The van der Waals surface area contributed by atoms with E-state index >= 15 is 0 Å². The number of aromatic amines is 1. The molecule has 5 rings (SSSR count). The van der Waals surface area contributed by atoms with Crippen molar-refractivity contribution in [1.82, 2.24) is 9.88 Å². The molecule has 1 aromatic heterocycles. The number of carbonyl (C=O) groups is 1. The zero-order chi connectivity index (χ0) is 16.8. The minimum absolute atomic E-state index is 0.0305. The molecule has 3 nitrogen and oxygen atoms in total. The number of carbonyl (C=O) groups excluding carboxylic acids is 1. The summed E-state index contributed by atoms with van der Waals surface area (Å²) in [6.45, 7) is 0. The first-order chi connectivity index (χ1) is 12.3. The van der Waals surface area contributed by atoms with Crippen LogP contribution in [0.5, 0.6) is 0 Å². The van der Waals surface area contributed by atoms with Crippen molar-refractivity contribution in [3.63, 3.8) is 0 Å². The fourth-order valence-electron chi connectivity index (χ4n) is 4.71. The highest BCUT2D eigenvalue weighted by Gasteiger charge is 2.42. The van der Waals surface area contributed by atoms with Crippen LogP contribution in [0.2, 0.25) is 0 Å². The molecule has 0 unspecified atom stereocenters. The molecule has 0 saturated heterocycles. The smallest absolute Gasteiger partial charge is 0.255 e. The van der Waals surface area contributed by atoms with Crippen LogP contribution in [0, 0.1) is 0 Å². The van der Waals surface area contributed by atoms with Gasteiger partial charge in [-0.25, -0.2) is 0 Å². The van der Waals surface area contributed by atoms with Crippen LogP contribution in [0.25, 0.3) is 10.9 Å². The molecule has 0 bridgehead atoms. The Kier molecular flexibility index (Phi) is 3.40. The molecule has 3 aromatic rings. The van der Waals surface area contributed by atoms with Gasteiger partial charge in [0.2, 0.25) is 0 Å². The predicted molar refractivity (Wildman–Crippen MR) is 99.6 cm³/mol. The number of H-pyrrole nitrogens is 1. The van der Waals surface area contributed by atoms with Crippen molar-refractivity contribution in [3.8, 4) is 0 Å². The highest BCUT2D eigenvalue weighted by atomic mass is 16.2. The minimum Gasteiger partial charge on any atom is -0.361 e. The quantitative estimate of drug-likeness (QED) is 0.701. The van der Waals surface area contributed by atoms with Crippen LogP contribution in [0.15, 0.2) is 54.7 Å². The largest absolute Gasteiger partial charge is 0.361 e. The standard InChI is InChI=1S/C22H22N2O/c25-22-18-12-5-4-11-17(18)21(24(22)15-8-2-1-3-9-15)19-14-23-20-13-7-6-10-16(19)20/h4-7,10-15,21,23H,1-3,8-9H2/t21-/m0/s1. The summed E-state index contributed by atoms with van der Waals surface area (Å²) in [6.07, 6.45) is 8.09. The van der Waals surface area contributed by atoms with E-state index in [4.69, 9.17) is 0 Å². The molecular weight excluding hydrogens is 308 g/mol. The molecule has 1 atom stereocenters. The summed E-state index contributed by atoms with van der Waals surface area (Å²) in [4.78, 5) is 18.8. The third-order valence-electron chi connectivity index (χ3n) is 5.88. The number of nitrogens with zero attached hydrogens (tertiary/aromatic N) is 1. The number of fused-ring (bicyclic) bond motifs is 2. The Balaban J connectivity index is 1.69. The van der Waals surface area contributed by atoms with E-state index in [9.17, 15) is 4.79 Å². The molecule has 25 heavy (non-hydrogen) atoms. The van der Waals surface area contributed by atoms with Gasteiger partial charge in [0.05, 0.1) is 6.04 Å². The van der Waals surface area contributed by atoms with Gasteiger partial charge in [0.1, 0.15) is 0 Å². The van der Waals surface area contributed by atoms with E-state index < -0.39 is 0 Å².